The van der Waals surface area contributed by atoms with Crippen LogP contribution in [0.1, 0.15) is 109 Å². The number of amides is 2. The predicted octanol–water partition coefficient (Wildman–Crippen LogP) is 8.47. The molecular weight excluding hydrogens is 460 g/mol. The average Bonchev–Trinajstić information content (AvgIpc) is 2.89. The summed E-state index contributed by atoms with van der Waals surface area (Å²) in [4.78, 5) is 25.0. The van der Waals surface area contributed by atoms with Crippen LogP contribution in [-0.2, 0) is 22.4 Å². The summed E-state index contributed by atoms with van der Waals surface area (Å²) in [6, 6.07) is 13.5. The third-order valence-corrected chi connectivity index (χ3v) is 6.59. The Kier molecular flexibility index (Phi) is 15.1. The van der Waals surface area contributed by atoms with E-state index >= 15 is 0 Å². The van der Waals surface area contributed by atoms with Crippen LogP contribution in [0.5, 0.6) is 5.75 Å². The lowest BCUT2D eigenvalue weighted by molar-refractivity contribution is -0.133. The third kappa shape index (κ3) is 12.8. The number of nitrogens with one attached hydrogen (secondary N) is 2. The van der Waals surface area contributed by atoms with Crippen LogP contribution in [0.15, 0.2) is 42.5 Å². The van der Waals surface area contributed by atoms with Crippen LogP contribution in [0.3, 0.4) is 0 Å². The lowest BCUT2D eigenvalue weighted by atomic mass is 10.0. The maximum atomic E-state index is 12.5. The number of hydrogen-bond donors (Lipinski definition) is 2. The molecule has 0 heterocycles. The maximum absolute atomic E-state index is 12.5. The highest BCUT2D eigenvalue weighted by molar-refractivity contribution is 6.43. The van der Waals surface area contributed by atoms with Gasteiger partial charge in [0, 0.05) is 17.4 Å². The van der Waals surface area contributed by atoms with Crippen molar-refractivity contribution in [2.45, 2.75) is 111 Å². The standard InChI is InChI=1S/C32H48N2O3/c1-4-7-9-10-11-12-13-14-15-16-18-26-19-21-28(22-20-26)33-31(35)32(36)34-29-23-27(17-8-5-2)24-30(25-29)37-6-3/h19-25H,4-18H2,1-3H3,(H,33,35)(H,34,36). The molecule has 0 aliphatic rings. The van der Waals surface area contributed by atoms with Crippen LogP contribution in [0, 0.1) is 0 Å². The first-order valence-electron chi connectivity index (χ1n) is 14.5. The Balaban J connectivity index is 1.74. The Labute approximate surface area is 224 Å². The zero-order valence-corrected chi connectivity index (χ0v) is 23.4. The smallest absolute Gasteiger partial charge is 0.314 e. The van der Waals surface area contributed by atoms with Crippen molar-refractivity contribution in [3.63, 3.8) is 0 Å². The van der Waals surface area contributed by atoms with Gasteiger partial charge in [0.15, 0.2) is 0 Å². The number of anilines is 2. The van der Waals surface area contributed by atoms with Gasteiger partial charge in [-0.2, -0.15) is 0 Å². The average molecular weight is 509 g/mol. The summed E-state index contributed by atoms with van der Waals surface area (Å²) in [5.41, 5.74) is 3.54. The second-order valence-electron chi connectivity index (χ2n) is 9.94. The van der Waals surface area contributed by atoms with E-state index in [1.807, 2.05) is 43.3 Å². The molecule has 0 fully saturated rings. The van der Waals surface area contributed by atoms with Crippen LogP contribution in [0.25, 0.3) is 0 Å². The van der Waals surface area contributed by atoms with E-state index in [-0.39, 0.29) is 0 Å². The molecule has 2 aromatic rings. The molecular formula is C32H48N2O3. The molecule has 0 spiro atoms. The van der Waals surface area contributed by atoms with E-state index in [0.29, 0.717) is 23.7 Å². The Morgan fingerprint density at radius 1 is 0.595 bits per heavy atom. The first-order chi connectivity index (χ1) is 18.0. The Morgan fingerprint density at radius 3 is 1.73 bits per heavy atom. The van der Waals surface area contributed by atoms with E-state index in [1.165, 1.54) is 69.8 Å². The van der Waals surface area contributed by atoms with Crippen molar-refractivity contribution in [3.8, 4) is 5.75 Å². The second kappa shape index (κ2) is 18.4. The molecule has 2 rings (SSSR count). The number of carbonyl (C=O) groups is 2. The number of carbonyl (C=O) groups excluding carboxylic acids is 2. The third-order valence-electron chi connectivity index (χ3n) is 6.59. The quantitative estimate of drug-likeness (QED) is 0.157. The predicted molar refractivity (Wildman–Crippen MR) is 155 cm³/mol. The molecule has 0 radical (unpaired) electrons. The minimum absolute atomic E-state index is 0.542. The van der Waals surface area contributed by atoms with E-state index < -0.39 is 11.8 Å². The van der Waals surface area contributed by atoms with E-state index in [9.17, 15) is 9.59 Å². The summed E-state index contributed by atoms with van der Waals surface area (Å²) in [7, 11) is 0. The molecule has 5 nitrogen and oxygen atoms in total. The van der Waals surface area contributed by atoms with Crippen molar-refractivity contribution in [1.82, 2.24) is 0 Å². The van der Waals surface area contributed by atoms with Crippen molar-refractivity contribution < 1.29 is 14.3 Å². The van der Waals surface area contributed by atoms with Gasteiger partial charge in [0.2, 0.25) is 0 Å². The number of ether oxygens (including phenoxy) is 1. The first kappa shape index (κ1) is 30.4. The molecule has 0 saturated heterocycles. The molecule has 0 unspecified atom stereocenters. The summed E-state index contributed by atoms with van der Waals surface area (Å²) in [6.45, 7) is 6.87. The van der Waals surface area contributed by atoms with Gasteiger partial charge in [0.25, 0.3) is 0 Å². The molecule has 0 aliphatic carbocycles. The lowest BCUT2D eigenvalue weighted by Crippen LogP contribution is -2.29. The van der Waals surface area contributed by atoms with Crippen molar-refractivity contribution >= 4 is 23.2 Å². The summed E-state index contributed by atoms with van der Waals surface area (Å²) in [6.07, 6.45) is 17.4. The highest BCUT2D eigenvalue weighted by atomic mass is 16.5. The van der Waals surface area contributed by atoms with Crippen molar-refractivity contribution in [2.24, 2.45) is 0 Å². The van der Waals surface area contributed by atoms with E-state index in [2.05, 4.69) is 24.5 Å². The molecule has 0 aromatic heterocycles. The van der Waals surface area contributed by atoms with Crippen LogP contribution >= 0.6 is 0 Å². The highest BCUT2D eigenvalue weighted by Gasteiger charge is 2.15. The Morgan fingerprint density at radius 2 is 1.14 bits per heavy atom. The summed E-state index contributed by atoms with van der Waals surface area (Å²) in [5, 5.41) is 5.42. The SMILES string of the molecule is CCCCCCCCCCCCc1ccc(NC(=O)C(=O)Nc2cc(CCCC)cc(OCC)c2)cc1. The molecule has 0 saturated carbocycles. The fourth-order valence-electron chi connectivity index (χ4n) is 4.46. The van der Waals surface area contributed by atoms with Gasteiger partial charge in [-0.1, -0.05) is 90.2 Å². The van der Waals surface area contributed by atoms with Crippen molar-refractivity contribution in [2.75, 3.05) is 17.2 Å². The van der Waals surface area contributed by atoms with Gasteiger partial charge in [-0.3, -0.25) is 9.59 Å². The van der Waals surface area contributed by atoms with Gasteiger partial charge >= 0.3 is 11.8 Å². The molecule has 2 amide bonds. The van der Waals surface area contributed by atoms with Gasteiger partial charge in [-0.05, 0) is 68.0 Å². The number of unbranched alkanes of at least 4 members (excludes halogenated alkanes) is 10. The van der Waals surface area contributed by atoms with Crippen LogP contribution in [0.2, 0.25) is 0 Å². The molecule has 0 atom stereocenters. The molecule has 37 heavy (non-hydrogen) atoms. The van der Waals surface area contributed by atoms with Gasteiger partial charge in [0.1, 0.15) is 5.75 Å². The number of hydrogen-bond acceptors (Lipinski definition) is 3. The van der Waals surface area contributed by atoms with Crippen LogP contribution < -0.4 is 15.4 Å². The normalized spacial score (nSPS) is 10.8. The topological polar surface area (TPSA) is 67.4 Å². The van der Waals surface area contributed by atoms with Crippen molar-refractivity contribution in [3.05, 3.63) is 53.6 Å². The Hall–Kier alpha value is -2.82. The summed E-state index contributed by atoms with van der Waals surface area (Å²) < 4.78 is 5.63. The largest absolute Gasteiger partial charge is 0.494 e. The van der Waals surface area contributed by atoms with E-state index in [0.717, 1.165) is 31.2 Å². The van der Waals surface area contributed by atoms with Crippen LogP contribution in [-0.4, -0.2) is 18.4 Å². The molecule has 2 aromatic carbocycles. The Bertz CT molecular complexity index is 924. The minimum Gasteiger partial charge on any atom is -0.494 e. The van der Waals surface area contributed by atoms with E-state index in [1.54, 1.807) is 6.07 Å². The zero-order valence-electron chi connectivity index (χ0n) is 23.4. The first-order valence-corrected chi connectivity index (χ1v) is 14.5. The number of benzene rings is 2. The van der Waals surface area contributed by atoms with Crippen LogP contribution in [0.4, 0.5) is 11.4 Å². The van der Waals surface area contributed by atoms with Gasteiger partial charge in [-0.15, -0.1) is 0 Å². The fourth-order valence-corrected chi connectivity index (χ4v) is 4.46. The molecule has 204 valence electrons. The fraction of sp³-hybridized carbons (Fsp3) is 0.562. The van der Waals surface area contributed by atoms with Gasteiger partial charge < -0.3 is 15.4 Å². The monoisotopic (exact) mass is 508 g/mol. The molecule has 0 bridgehead atoms. The highest BCUT2D eigenvalue weighted by Crippen LogP contribution is 2.23. The summed E-state index contributed by atoms with van der Waals surface area (Å²) in [5.74, 6) is -0.672. The van der Waals surface area contributed by atoms with E-state index in [4.69, 9.17) is 4.74 Å². The molecule has 0 aliphatic heterocycles. The minimum atomic E-state index is -0.690. The van der Waals surface area contributed by atoms with Crippen molar-refractivity contribution in [1.29, 1.82) is 0 Å². The molecule has 2 N–H and O–H groups in total. The maximum Gasteiger partial charge on any atom is 0.314 e. The van der Waals surface area contributed by atoms with Gasteiger partial charge in [-0.25, -0.2) is 0 Å². The van der Waals surface area contributed by atoms with Gasteiger partial charge in [0.05, 0.1) is 6.61 Å². The zero-order chi connectivity index (χ0) is 26.7. The molecule has 5 heteroatoms. The number of aryl methyl sites for hydroxylation is 2. The second-order valence-corrected chi connectivity index (χ2v) is 9.94. The lowest BCUT2D eigenvalue weighted by Gasteiger charge is -2.12. The summed E-state index contributed by atoms with van der Waals surface area (Å²) >= 11 is 0. The number of rotatable bonds is 18.